The lowest BCUT2D eigenvalue weighted by molar-refractivity contribution is 0.0182. The van der Waals surface area contributed by atoms with Gasteiger partial charge in [-0.3, -0.25) is 0 Å². The maximum atomic E-state index is 5.65. The minimum Gasteiger partial charge on any atom is -0.364 e. The Labute approximate surface area is 83.2 Å². The van der Waals surface area contributed by atoms with E-state index in [2.05, 4.69) is 29.5 Å². The molecule has 1 saturated heterocycles. The smallest absolute Gasteiger partial charge is 0.182 e. The highest BCUT2D eigenvalue weighted by atomic mass is 127. The average molecular weight is 265 g/mol. The molecule has 0 spiro atoms. The maximum Gasteiger partial charge on any atom is 0.182 e. The van der Waals surface area contributed by atoms with E-state index in [-0.39, 0.29) is 0 Å². The third-order valence-electron chi connectivity index (χ3n) is 1.79. The molecular weight excluding hydrogens is 252 g/mol. The number of ether oxygens (including phenoxy) is 1. The summed E-state index contributed by atoms with van der Waals surface area (Å²) in [6.07, 6.45) is 2.66. The molecule has 0 amide bonds. The molecule has 2 atom stereocenters. The molecule has 2 radical (unpaired) electrons. The molecule has 2 unspecified atom stereocenters. The Balaban J connectivity index is 2.23. The van der Waals surface area contributed by atoms with Crippen LogP contribution in [0.15, 0.2) is 0 Å². The molecule has 0 aromatic rings. The molecule has 1 fully saturated rings. The van der Waals surface area contributed by atoms with Crippen LogP contribution < -0.4 is 0 Å². The number of hydrogen-bond acceptors (Lipinski definition) is 2. The van der Waals surface area contributed by atoms with Crippen LogP contribution in [0.5, 0.6) is 0 Å². The van der Waals surface area contributed by atoms with Crippen molar-refractivity contribution in [2.45, 2.75) is 30.0 Å². The zero-order valence-corrected chi connectivity index (χ0v) is 8.95. The summed E-state index contributed by atoms with van der Waals surface area (Å²) < 4.78 is 5.92. The lowest BCUT2D eigenvalue weighted by atomic mass is 10.1. The Bertz CT molecular complexity index is 121. The van der Waals surface area contributed by atoms with Gasteiger partial charge in [-0.05, 0) is 26.3 Å². The van der Waals surface area contributed by atoms with E-state index in [4.69, 9.17) is 12.7 Å². The molecule has 62 valence electrons. The van der Waals surface area contributed by atoms with Gasteiger partial charge in [-0.15, -0.1) is 0 Å². The van der Waals surface area contributed by atoms with Gasteiger partial charge in [0.15, 0.2) is 7.98 Å². The molecule has 0 saturated carbocycles. The summed E-state index contributed by atoms with van der Waals surface area (Å²) in [7, 11) is 5.65. The highest BCUT2D eigenvalue weighted by Gasteiger charge is 2.18. The van der Waals surface area contributed by atoms with Gasteiger partial charge in [-0.1, -0.05) is 22.6 Å². The van der Waals surface area contributed by atoms with Gasteiger partial charge in [0.1, 0.15) is 4.11 Å². The van der Waals surface area contributed by atoms with Gasteiger partial charge < -0.3 is 9.55 Å². The molecule has 0 bridgehead atoms. The van der Waals surface area contributed by atoms with E-state index in [0.29, 0.717) is 10.2 Å². The molecule has 2 nitrogen and oxygen atoms in total. The van der Waals surface area contributed by atoms with Crippen molar-refractivity contribution in [2.75, 3.05) is 13.1 Å². The van der Waals surface area contributed by atoms with Gasteiger partial charge in [0.2, 0.25) is 0 Å². The standard InChI is InChI=1S/C7H13BINO/c1-6(9)11-7-3-2-4-10(8)5-7/h6-7H,2-5H2,1H3. The van der Waals surface area contributed by atoms with E-state index in [1.807, 2.05) is 4.81 Å². The number of piperidine rings is 1. The van der Waals surface area contributed by atoms with Crippen LogP contribution in [0.25, 0.3) is 0 Å². The second-order valence-electron chi connectivity index (χ2n) is 2.94. The van der Waals surface area contributed by atoms with Gasteiger partial charge >= 0.3 is 0 Å². The molecule has 0 N–H and O–H groups in total. The van der Waals surface area contributed by atoms with Crippen LogP contribution >= 0.6 is 22.6 Å². The third-order valence-corrected chi connectivity index (χ3v) is 2.08. The summed E-state index contributed by atoms with van der Waals surface area (Å²) in [5.74, 6) is 0. The summed E-state index contributed by atoms with van der Waals surface area (Å²) >= 11 is 2.27. The molecule has 1 heterocycles. The molecule has 1 aliphatic rings. The number of alkyl halides is 1. The fourth-order valence-corrected chi connectivity index (χ4v) is 1.76. The van der Waals surface area contributed by atoms with E-state index >= 15 is 0 Å². The minimum atomic E-state index is 0.295. The van der Waals surface area contributed by atoms with E-state index in [1.54, 1.807) is 0 Å². The van der Waals surface area contributed by atoms with Gasteiger partial charge in [-0.2, -0.15) is 0 Å². The quantitative estimate of drug-likeness (QED) is 0.424. The molecule has 11 heavy (non-hydrogen) atoms. The summed E-state index contributed by atoms with van der Waals surface area (Å²) in [5, 5.41) is 0. The lowest BCUT2D eigenvalue weighted by Gasteiger charge is -2.30. The first-order valence-corrected chi connectivity index (χ1v) is 5.22. The fraction of sp³-hybridized carbons (Fsp3) is 1.00. The Morgan fingerprint density at radius 3 is 3.00 bits per heavy atom. The number of hydrogen-bond donors (Lipinski definition) is 0. The predicted octanol–water partition coefficient (Wildman–Crippen LogP) is 1.33. The van der Waals surface area contributed by atoms with Crippen molar-refractivity contribution in [3.05, 3.63) is 0 Å². The van der Waals surface area contributed by atoms with Crippen molar-refractivity contribution in [2.24, 2.45) is 0 Å². The van der Waals surface area contributed by atoms with Crippen LogP contribution in [0.3, 0.4) is 0 Å². The normalized spacial score (nSPS) is 30.2. The number of rotatable bonds is 2. The fourth-order valence-electron chi connectivity index (χ4n) is 1.34. The van der Waals surface area contributed by atoms with Gasteiger partial charge in [0.25, 0.3) is 0 Å². The first-order chi connectivity index (χ1) is 5.18. The first kappa shape index (κ1) is 9.80. The van der Waals surface area contributed by atoms with Crippen molar-refractivity contribution in [3.63, 3.8) is 0 Å². The van der Waals surface area contributed by atoms with Crippen LogP contribution in [-0.2, 0) is 4.74 Å². The monoisotopic (exact) mass is 265 g/mol. The zero-order valence-electron chi connectivity index (χ0n) is 6.79. The van der Waals surface area contributed by atoms with Crippen molar-refractivity contribution in [1.82, 2.24) is 4.81 Å². The van der Waals surface area contributed by atoms with E-state index in [9.17, 15) is 0 Å². The Morgan fingerprint density at radius 2 is 2.45 bits per heavy atom. The summed E-state index contributed by atoms with van der Waals surface area (Å²) in [6.45, 7) is 3.94. The molecule has 0 aromatic heterocycles. The zero-order chi connectivity index (χ0) is 8.27. The second kappa shape index (κ2) is 4.67. The first-order valence-electron chi connectivity index (χ1n) is 3.97. The number of nitrogens with zero attached hydrogens (tertiary/aromatic N) is 1. The summed E-state index contributed by atoms with van der Waals surface area (Å²) in [5.41, 5.74) is 0. The van der Waals surface area contributed by atoms with Crippen molar-refractivity contribution in [1.29, 1.82) is 0 Å². The Hall–Kier alpha value is 0.715. The van der Waals surface area contributed by atoms with E-state index < -0.39 is 0 Å². The molecule has 4 heteroatoms. The number of halogens is 1. The molecule has 1 aliphatic heterocycles. The highest BCUT2D eigenvalue weighted by molar-refractivity contribution is 14.1. The van der Waals surface area contributed by atoms with Crippen molar-refractivity contribution in [3.8, 4) is 0 Å². The van der Waals surface area contributed by atoms with Crippen LogP contribution in [0.1, 0.15) is 19.8 Å². The van der Waals surface area contributed by atoms with Crippen LogP contribution in [0, 0.1) is 0 Å². The van der Waals surface area contributed by atoms with Crippen molar-refractivity contribution >= 4 is 30.6 Å². The Kier molecular flexibility index (Phi) is 4.16. The SMILES string of the molecule is [B]N1CCCC(OC(C)I)C1. The summed E-state index contributed by atoms with van der Waals surface area (Å²) in [4.78, 5) is 1.84. The van der Waals surface area contributed by atoms with Gasteiger partial charge in [0, 0.05) is 6.54 Å². The Morgan fingerprint density at radius 1 is 1.73 bits per heavy atom. The van der Waals surface area contributed by atoms with Crippen LogP contribution in [0.4, 0.5) is 0 Å². The maximum absolute atomic E-state index is 5.65. The summed E-state index contributed by atoms with van der Waals surface area (Å²) in [6, 6.07) is 0. The topological polar surface area (TPSA) is 12.5 Å². The van der Waals surface area contributed by atoms with E-state index in [1.165, 1.54) is 0 Å². The third kappa shape index (κ3) is 3.76. The van der Waals surface area contributed by atoms with E-state index in [0.717, 1.165) is 25.9 Å². The highest BCUT2D eigenvalue weighted by Crippen LogP contribution is 2.15. The molecule has 1 rings (SSSR count). The van der Waals surface area contributed by atoms with Crippen molar-refractivity contribution < 1.29 is 4.74 Å². The van der Waals surface area contributed by atoms with Crippen LogP contribution in [-0.4, -0.2) is 36.1 Å². The second-order valence-corrected chi connectivity index (χ2v) is 4.69. The van der Waals surface area contributed by atoms with Gasteiger partial charge in [-0.25, -0.2) is 0 Å². The van der Waals surface area contributed by atoms with Gasteiger partial charge in [0.05, 0.1) is 6.10 Å². The minimum absolute atomic E-state index is 0.295. The predicted molar refractivity (Wildman–Crippen MR) is 54.9 cm³/mol. The molecule has 0 aromatic carbocycles. The molecule has 0 aliphatic carbocycles. The lowest BCUT2D eigenvalue weighted by Crippen LogP contribution is -2.38. The average Bonchev–Trinajstić information content (AvgIpc) is 1.85. The largest absolute Gasteiger partial charge is 0.364 e. The van der Waals surface area contributed by atoms with Crippen LogP contribution in [0.2, 0.25) is 0 Å². The molecular formula is C7H13BINO.